The number of hydrogen-bond acceptors (Lipinski definition) is 2. The molecule has 0 atom stereocenters. The smallest absolute Gasteiger partial charge is 0.256 e. The van der Waals surface area contributed by atoms with Gasteiger partial charge in [-0.2, -0.15) is 0 Å². The van der Waals surface area contributed by atoms with Crippen LogP contribution in [-0.2, 0) is 0 Å². The van der Waals surface area contributed by atoms with Gasteiger partial charge >= 0.3 is 0 Å². The van der Waals surface area contributed by atoms with E-state index in [0.29, 0.717) is 5.56 Å². The molecule has 0 aliphatic carbocycles. The van der Waals surface area contributed by atoms with Crippen molar-refractivity contribution in [3.05, 3.63) is 42.0 Å². The SMILES string of the molecule is NC(N)=N/[NH+]=C/c1c(O)ccc2ccccc12. The lowest BCUT2D eigenvalue weighted by Gasteiger charge is -2.01. The van der Waals surface area contributed by atoms with Crippen molar-refractivity contribution in [1.29, 1.82) is 0 Å². The number of hydrazone groups is 1. The van der Waals surface area contributed by atoms with Gasteiger partial charge in [0.1, 0.15) is 5.75 Å². The van der Waals surface area contributed by atoms with E-state index in [1.165, 1.54) is 0 Å². The first-order valence-electron chi connectivity index (χ1n) is 5.06. The summed E-state index contributed by atoms with van der Waals surface area (Å²) < 4.78 is 0. The molecule has 86 valence electrons. The van der Waals surface area contributed by atoms with Crippen molar-refractivity contribution in [2.45, 2.75) is 0 Å². The lowest BCUT2D eigenvalue weighted by molar-refractivity contribution is -0.456. The van der Waals surface area contributed by atoms with E-state index in [4.69, 9.17) is 11.5 Å². The Bertz CT molecular complexity index is 600. The topological polar surface area (TPSA) is 98.6 Å². The molecule has 0 aliphatic rings. The highest BCUT2D eigenvalue weighted by atomic mass is 16.3. The number of hydrogen-bond donors (Lipinski definition) is 4. The van der Waals surface area contributed by atoms with Gasteiger partial charge in [-0.1, -0.05) is 30.3 Å². The largest absolute Gasteiger partial charge is 0.507 e. The highest BCUT2D eigenvalue weighted by molar-refractivity contribution is 6.00. The minimum absolute atomic E-state index is 0.0685. The van der Waals surface area contributed by atoms with Crippen LogP contribution in [0.3, 0.4) is 0 Å². The number of nitrogens with one attached hydrogen (secondary N) is 1. The Morgan fingerprint density at radius 3 is 2.71 bits per heavy atom. The minimum Gasteiger partial charge on any atom is -0.507 e. The van der Waals surface area contributed by atoms with Crippen LogP contribution < -0.4 is 16.6 Å². The molecule has 0 amide bonds. The fourth-order valence-corrected chi connectivity index (χ4v) is 1.61. The number of nitrogens with two attached hydrogens (primary N) is 2. The van der Waals surface area contributed by atoms with Crippen LogP contribution in [0.15, 0.2) is 41.5 Å². The fraction of sp³-hybridized carbons (Fsp3) is 0. The predicted octanol–water partition coefficient (Wildman–Crippen LogP) is -0.767. The van der Waals surface area contributed by atoms with E-state index in [9.17, 15) is 5.11 Å². The molecule has 0 bridgehead atoms. The van der Waals surface area contributed by atoms with Gasteiger partial charge in [0, 0.05) is 5.10 Å². The number of fused-ring (bicyclic) bond motifs is 1. The first-order valence-corrected chi connectivity index (χ1v) is 5.06. The molecule has 2 rings (SSSR count). The van der Waals surface area contributed by atoms with Gasteiger partial charge in [0.05, 0.1) is 5.56 Å². The molecule has 6 N–H and O–H groups in total. The number of phenolic OH excluding ortho intramolecular Hbond substituents is 1. The van der Waals surface area contributed by atoms with Crippen molar-refractivity contribution in [1.82, 2.24) is 0 Å². The van der Waals surface area contributed by atoms with Gasteiger partial charge in [0.2, 0.25) is 6.21 Å². The van der Waals surface area contributed by atoms with E-state index in [2.05, 4.69) is 10.2 Å². The molecule has 0 aliphatic heterocycles. The summed E-state index contributed by atoms with van der Waals surface area (Å²) in [5, 5.41) is 18.0. The van der Waals surface area contributed by atoms with Crippen LogP contribution in [0.4, 0.5) is 0 Å². The third-order valence-corrected chi connectivity index (χ3v) is 2.35. The zero-order chi connectivity index (χ0) is 12.3. The highest BCUT2D eigenvalue weighted by Gasteiger charge is 2.06. The van der Waals surface area contributed by atoms with Gasteiger partial charge in [-0.3, -0.25) is 0 Å². The number of rotatable bonds is 2. The normalized spacial score (nSPS) is 10.8. The van der Waals surface area contributed by atoms with Crippen molar-refractivity contribution in [3.63, 3.8) is 0 Å². The maximum Gasteiger partial charge on any atom is 0.256 e. The van der Waals surface area contributed by atoms with E-state index >= 15 is 0 Å². The highest BCUT2D eigenvalue weighted by Crippen LogP contribution is 2.24. The zero-order valence-electron chi connectivity index (χ0n) is 9.09. The Balaban J connectivity index is 2.55. The summed E-state index contributed by atoms with van der Waals surface area (Å²) >= 11 is 0. The van der Waals surface area contributed by atoms with Crippen molar-refractivity contribution in [2.75, 3.05) is 0 Å². The molecule has 2 aromatic rings. The second-order valence-corrected chi connectivity index (χ2v) is 3.53. The summed E-state index contributed by atoms with van der Waals surface area (Å²) in [6, 6.07) is 11.2. The summed E-state index contributed by atoms with van der Waals surface area (Å²) in [6.45, 7) is 0. The van der Waals surface area contributed by atoms with E-state index in [1.54, 1.807) is 12.3 Å². The summed E-state index contributed by atoms with van der Waals surface area (Å²) in [4.78, 5) is 0. The van der Waals surface area contributed by atoms with E-state index in [0.717, 1.165) is 10.8 Å². The molecule has 0 fully saturated rings. The molecular formula is C12H13N4O+. The number of phenols is 1. The van der Waals surface area contributed by atoms with Crippen molar-refractivity contribution >= 4 is 22.9 Å². The van der Waals surface area contributed by atoms with Crippen LogP contribution in [-0.4, -0.2) is 17.3 Å². The van der Waals surface area contributed by atoms with Gasteiger partial charge < -0.3 is 16.6 Å². The summed E-state index contributed by atoms with van der Waals surface area (Å²) in [7, 11) is 0. The van der Waals surface area contributed by atoms with E-state index in [1.807, 2.05) is 30.3 Å². The Labute approximate surface area is 98.1 Å². The molecule has 5 nitrogen and oxygen atoms in total. The molecule has 2 aromatic carbocycles. The van der Waals surface area contributed by atoms with Gasteiger partial charge in [-0.05, 0) is 16.8 Å². The molecule has 0 saturated carbocycles. The molecule has 0 spiro atoms. The molecule has 17 heavy (non-hydrogen) atoms. The first-order chi connectivity index (χ1) is 8.18. The van der Waals surface area contributed by atoms with Crippen molar-refractivity contribution in [2.24, 2.45) is 16.6 Å². The summed E-state index contributed by atoms with van der Waals surface area (Å²) in [6.07, 6.45) is 1.55. The number of benzene rings is 2. The standard InChI is InChI=1S/C12H12N4O/c13-12(14)16-15-7-10-9-4-2-1-3-8(9)5-6-11(10)17/h1-7,17H,(H4,13,14,16)/p+1/b15-7+. The monoisotopic (exact) mass is 229 g/mol. The lowest BCUT2D eigenvalue weighted by atomic mass is 10.0. The van der Waals surface area contributed by atoms with Crippen LogP contribution in [0.1, 0.15) is 5.56 Å². The molecular weight excluding hydrogens is 216 g/mol. The Kier molecular flexibility index (Phi) is 2.91. The number of guanidine groups is 1. The second-order valence-electron chi connectivity index (χ2n) is 3.53. The van der Waals surface area contributed by atoms with Gasteiger partial charge in [-0.15, -0.1) is 5.10 Å². The molecule has 5 heteroatoms. The first kappa shape index (κ1) is 10.9. The predicted molar refractivity (Wildman–Crippen MR) is 67.6 cm³/mol. The van der Waals surface area contributed by atoms with Crippen LogP contribution in [0.5, 0.6) is 5.75 Å². The van der Waals surface area contributed by atoms with Gasteiger partial charge in [0.25, 0.3) is 5.96 Å². The molecule has 0 unspecified atom stereocenters. The number of aromatic hydroxyl groups is 1. The average Bonchev–Trinajstić information content (AvgIpc) is 2.32. The van der Waals surface area contributed by atoms with Crippen LogP contribution in [0.2, 0.25) is 0 Å². The molecule has 0 radical (unpaired) electrons. The molecule has 0 heterocycles. The fourth-order valence-electron chi connectivity index (χ4n) is 1.61. The molecule has 0 aromatic heterocycles. The second kappa shape index (κ2) is 4.52. The van der Waals surface area contributed by atoms with E-state index < -0.39 is 0 Å². The van der Waals surface area contributed by atoms with Gasteiger partial charge in [-0.25, -0.2) is 0 Å². The average molecular weight is 229 g/mol. The van der Waals surface area contributed by atoms with Gasteiger partial charge in [0.15, 0.2) is 0 Å². The maximum absolute atomic E-state index is 9.79. The number of nitrogens with zero attached hydrogens (tertiary/aromatic N) is 1. The Morgan fingerprint density at radius 2 is 1.94 bits per heavy atom. The third kappa shape index (κ3) is 2.34. The maximum atomic E-state index is 9.79. The lowest BCUT2D eigenvalue weighted by Crippen LogP contribution is -2.63. The van der Waals surface area contributed by atoms with Crippen LogP contribution in [0, 0.1) is 0 Å². The van der Waals surface area contributed by atoms with Crippen molar-refractivity contribution < 1.29 is 10.2 Å². The summed E-state index contributed by atoms with van der Waals surface area (Å²) in [5.74, 6) is 0.1000. The summed E-state index contributed by atoms with van der Waals surface area (Å²) in [5.41, 5.74) is 11.0. The Hall–Kier alpha value is -2.56. The Morgan fingerprint density at radius 1 is 1.18 bits per heavy atom. The van der Waals surface area contributed by atoms with Crippen LogP contribution >= 0.6 is 0 Å². The quantitative estimate of drug-likeness (QED) is 0.309. The van der Waals surface area contributed by atoms with E-state index in [-0.39, 0.29) is 11.7 Å². The minimum atomic E-state index is -0.0685. The van der Waals surface area contributed by atoms with Crippen LogP contribution in [0.25, 0.3) is 10.8 Å². The molecule has 0 saturated heterocycles. The zero-order valence-corrected chi connectivity index (χ0v) is 9.09. The third-order valence-electron chi connectivity index (χ3n) is 2.35. The van der Waals surface area contributed by atoms with Crippen molar-refractivity contribution in [3.8, 4) is 5.75 Å².